The number of carbonyl (C=O) groups is 2. The summed E-state index contributed by atoms with van der Waals surface area (Å²) in [6.07, 6.45) is 3.48. The molecule has 226 valence electrons. The topological polar surface area (TPSA) is 86.8 Å². The van der Waals surface area contributed by atoms with E-state index in [1.807, 2.05) is 75.4 Å². The van der Waals surface area contributed by atoms with Gasteiger partial charge in [0.2, 0.25) is 21.8 Å². The number of halogens is 1. The predicted octanol–water partition coefficient (Wildman–Crippen LogP) is 6.00. The standard InChI is InChI=1S/C33H42ClN3O4S/c1-5-25(3)35-33(39)31(23-27-12-8-7-9-13-27)36(24-28-14-10-15-29(34)22-28)32(38)16-11-21-37(42(4,40)41)30-19-17-26(6-2)18-20-30/h7-10,12-15,17-20,22,25,31H,5-6,11,16,21,23-24H2,1-4H3,(H,35,39). The number of rotatable bonds is 15. The monoisotopic (exact) mass is 611 g/mol. The van der Waals surface area contributed by atoms with Crippen molar-refractivity contribution in [2.45, 2.75) is 71.5 Å². The van der Waals surface area contributed by atoms with Crippen LogP contribution in [-0.4, -0.2) is 50.0 Å². The zero-order valence-corrected chi connectivity index (χ0v) is 26.5. The molecular weight excluding hydrogens is 570 g/mol. The van der Waals surface area contributed by atoms with E-state index in [1.165, 1.54) is 10.6 Å². The molecule has 2 amide bonds. The van der Waals surface area contributed by atoms with Crippen LogP contribution < -0.4 is 9.62 Å². The third-order valence-electron chi connectivity index (χ3n) is 7.30. The van der Waals surface area contributed by atoms with E-state index in [1.54, 1.807) is 29.2 Å². The fourth-order valence-corrected chi connectivity index (χ4v) is 5.91. The third kappa shape index (κ3) is 9.88. The van der Waals surface area contributed by atoms with Crippen molar-refractivity contribution >= 4 is 39.1 Å². The Morgan fingerprint density at radius 2 is 1.57 bits per heavy atom. The van der Waals surface area contributed by atoms with Crippen molar-refractivity contribution in [3.8, 4) is 0 Å². The molecule has 3 rings (SSSR count). The predicted molar refractivity (Wildman–Crippen MR) is 171 cm³/mol. The van der Waals surface area contributed by atoms with Crippen LogP contribution in [0.2, 0.25) is 5.02 Å². The van der Waals surface area contributed by atoms with Crippen molar-refractivity contribution in [2.75, 3.05) is 17.1 Å². The quantitative estimate of drug-likeness (QED) is 0.228. The maximum atomic E-state index is 13.9. The third-order valence-corrected chi connectivity index (χ3v) is 8.73. The van der Waals surface area contributed by atoms with Gasteiger partial charge < -0.3 is 10.2 Å². The average molecular weight is 612 g/mol. The summed E-state index contributed by atoms with van der Waals surface area (Å²) >= 11 is 6.26. The van der Waals surface area contributed by atoms with Gasteiger partial charge in [-0.3, -0.25) is 13.9 Å². The molecule has 7 nitrogen and oxygen atoms in total. The van der Waals surface area contributed by atoms with Gasteiger partial charge in [-0.2, -0.15) is 0 Å². The Morgan fingerprint density at radius 3 is 2.17 bits per heavy atom. The molecule has 0 aliphatic heterocycles. The Labute approximate surface area is 255 Å². The second-order valence-corrected chi connectivity index (χ2v) is 13.0. The van der Waals surface area contributed by atoms with Crippen LogP contribution in [-0.2, 0) is 39.0 Å². The van der Waals surface area contributed by atoms with Crippen LogP contribution in [0.3, 0.4) is 0 Å². The van der Waals surface area contributed by atoms with Gasteiger partial charge in [-0.05, 0) is 67.1 Å². The second-order valence-electron chi connectivity index (χ2n) is 10.6. The highest BCUT2D eigenvalue weighted by atomic mass is 35.5. The number of amides is 2. The number of anilines is 1. The lowest BCUT2D eigenvalue weighted by molar-refractivity contribution is -0.141. The molecule has 0 fully saturated rings. The Balaban J connectivity index is 1.88. The first-order chi connectivity index (χ1) is 20.0. The van der Waals surface area contributed by atoms with E-state index in [0.29, 0.717) is 23.6 Å². The van der Waals surface area contributed by atoms with Crippen LogP contribution in [0.5, 0.6) is 0 Å². The van der Waals surface area contributed by atoms with E-state index in [9.17, 15) is 18.0 Å². The molecule has 0 spiro atoms. The molecule has 0 aliphatic rings. The molecule has 2 unspecified atom stereocenters. The minimum atomic E-state index is -3.57. The first-order valence-corrected chi connectivity index (χ1v) is 16.7. The first-order valence-electron chi connectivity index (χ1n) is 14.5. The molecule has 0 radical (unpaired) electrons. The van der Waals surface area contributed by atoms with Crippen LogP contribution in [0.4, 0.5) is 5.69 Å². The van der Waals surface area contributed by atoms with E-state index in [0.717, 1.165) is 29.5 Å². The van der Waals surface area contributed by atoms with E-state index in [4.69, 9.17) is 11.6 Å². The number of aryl methyl sites for hydroxylation is 1. The lowest BCUT2D eigenvalue weighted by Crippen LogP contribution is -2.52. The lowest BCUT2D eigenvalue weighted by atomic mass is 10.0. The zero-order chi connectivity index (χ0) is 30.7. The second kappa shape index (κ2) is 15.8. The summed E-state index contributed by atoms with van der Waals surface area (Å²) in [5.74, 6) is -0.456. The number of carbonyl (C=O) groups excluding carboxylic acids is 2. The summed E-state index contributed by atoms with van der Waals surface area (Å²) in [7, 11) is -3.57. The highest BCUT2D eigenvalue weighted by Crippen LogP contribution is 2.22. The Kier molecular flexibility index (Phi) is 12.4. The van der Waals surface area contributed by atoms with E-state index in [-0.39, 0.29) is 37.4 Å². The number of hydrogen-bond acceptors (Lipinski definition) is 4. The molecule has 3 aromatic carbocycles. The highest BCUT2D eigenvalue weighted by Gasteiger charge is 2.31. The summed E-state index contributed by atoms with van der Waals surface area (Å²) < 4.78 is 26.7. The smallest absolute Gasteiger partial charge is 0.243 e. The van der Waals surface area contributed by atoms with Crippen molar-refractivity contribution in [1.29, 1.82) is 0 Å². The maximum absolute atomic E-state index is 13.9. The van der Waals surface area contributed by atoms with E-state index < -0.39 is 16.1 Å². The van der Waals surface area contributed by atoms with Crippen molar-refractivity contribution in [2.24, 2.45) is 0 Å². The van der Waals surface area contributed by atoms with E-state index >= 15 is 0 Å². The molecule has 0 aliphatic carbocycles. The summed E-state index contributed by atoms with van der Waals surface area (Å²) in [5.41, 5.74) is 3.41. The van der Waals surface area contributed by atoms with Crippen LogP contribution in [0.15, 0.2) is 78.9 Å². The summed E-state index contributed by atoms with van der Waals surface area (Å²) in [6, 6.07) is 23.5. The summed E-state index contributed by atoms with van der Waals surface area (Å²) in [6.45, 7) is 6.31. The van der Waals surface area contributed by atoms with Gasteiger partial charge in [-0.25, -0.2) is 8.42 Å². The number of nitrogens with zero attached hydrogens (tertiary/aromatic N) is 2. The maximum Gasteiger partial charge on any atom is 0.243 e. The highest BCUT2D eigenvalue weighted by molar-refractivity contribution is 7.92. The van der Waals surface area contributed by atoms with Gasteiger partial charge in [0.1, 0.15) is 6.04 Å². The minimum absolute atomic E-state index is 0.0543. The number of hydrogen-bond donors (Lipinski definition) is 1. The zero-order valence-electron chi connectivity index (χ0n) is 24.9. The molecule has 42 heavy (non-hydrogen) atoms. The summed E-state index contributed by atoms with van der Waals surface area (Å²) in [5, 5.41) is 3.60. The SMILES string of the molecule is CCc1ccc(N(CCCC(=O)N(Cc2cccc(Cl)c2)C(Cc2ccccc2)C(=O)NC(C)CC)S(C)(=O)=O)cc1. The van der Waals surface area contributed by atoms with Crippen LogP contribution in [0.25, 0.3) is 0 Å². The van der Waals surface area contributed by atoms with Crippen molar-refractivity contribution in [3.63, 3.8) is 0 Å². The van der Waals surface area contributed by atoms with Crippen molar-refractivity contribution in [3.05, 3.63) is 101 Å². The molecule has 9 heteroatoms. The molecule has 3 aromatic rings. The lowest BCUT2D eigenvalue weighted by Gasteiger charge is -2.32. The van der Waals surface area contributed by atoms with Gasteiger partial charge in [0.25, 0.3) is 0 Å². The van der Waals surface area contributed by atoms with Crippen LogP contribution in [0.1, 0.15) is 56.7 Å². The van der Waals surface area contributed by atoms with Crippen LogP contribution >= 0.6 is 11.6 Å². The fraction of sp³-hybridized carbons (Fsp3) is 0.394. The van der Waals surface area contributed by atoms with Crippen LogP contribution in [0, 0.1) is 0 Å². The van der Waals surface area contributed by atoms with Gasteiger partial charge in [-0.1, -0.05) is 80.0 Å². The average Bonchev–Trinajstić information content (AvgIpc) is 2.97. The normalized spacial score (nSPS) is 12.8. The van der Waals surface area contributed by atoms with E-state index in [2.05, 4.69) is 5.32 Å². The molecule has 0 saturated carbocycles. The molecule has 0 bridgehead atoms. The van der Waals surface area contributed by atoms with Gasteiger partial charge in [-0.15, -0.1) is 0 Å². The number of sulfonamides is 1. The molecule has 0 aromatic heterocycles. The molecule has 0 heterocycles. The molecule has 1 N–H and O–H groups in total. The number of benzene rings is 3. The van der Waals surface area contributed by atoms with Crippen molar-refractivity contribution in [1.82, 2.24) is 10.2 Å². The molecule has 2 atom stereocenters. The minimum Gasteiger partial charge on any atom is -0.352 e. The Hall–Kier alpha value is -3.36. The van der Waals surface area contributed by atoms with Crippen molar-refractivity contribution < 1.29 is 18.0 Å². The van der Waals surface area contributed by atoms with Gasteiger partial charge in [0, 0.05) is 37.0 Å². The number of nitrogens with one attached hydrogen (secondary N) is 1. The largest absolute Gasteiger partial charge is 0.352 e. The molecule has 0 saturated heterocycles. The van der Waals surface area contributed by atoms with Gasteiger partial charge in [0.15, 0.2) is 0 Å². The first kappa shape index (κ1) is 33.1. The van der Waals surface area contributed by atoms with Gasteiger partial charge >= 0.3 is 0 Å². The molecular formula is C33H42ClN3O4S. The van der Waals surface area contributed by atoms with Gasteiger partial charge in [0.05, 0.1) is 11.9 Å². The summed E-state index contributed by atoms with van der Waals surface area (Å²) in [4.78, 5) is 29.2. The Bertz CT molecular complexity index is 1410. The Morgan fingerprint density at radius 1 is 0.905 bits per heavy atom. The fourth-order valence-electron chi connectivity index (χ4n) is 4.73.